The lowest BCUT2D eigenvalue weighted by atomic mass is 10.0. The van der Waals surface area contributed by atoms with Crippen LogP contribution in [0.1, 0.15) is 22.8 Å². The Morgan fingerprint density at radius 1 is 1.43 bits per heavy atom. The fourth-order valence-corrected chi connectivity index (χ4v) is 1.65. The first-order valence-electron chi connectivity index (χ1n) is 5.72. The minimum absolute atomic E-state index is 0.211. The summed E-state index contributed by atoms with van der Waals surface area (Å²) >= 11 is 0. The molecule has 0 spiro atoms. The standard InChI is InChI=1S/C13H12F4N2O2/c1-12(6-18,7-21-2)19-11(20)9-4-3-8(14)5-10(9)13(15,16)17/h3-5H,7H2,1-2H3,(H,19,20)/t12-/m0/s1. The molecule has 1 N–H and O–H groups in total. The van der Waals surface area contributed by atoms with Crippen molar-refractivity contribution in [2.45, 2.75) is 18.6 Å². The number of carbonyl (C=O) groups excluding carboxylic acids is 1. The van der Waals surface area contributed by atoms with Gasteiger partial charge in [0.2, 0.25) is 0 Å². The zero-order valence-electron chi connectivity index (χ0n) is 11.2. The average molecular weight is 304 g/mol. The van der Waals surface area contributed by atoms with E-state index >= 15 is 0 Å². The van der Waals surface area contributed by atoms with Crippen molar-refractivity contribution in [3.8, 4) is 6.07 Å². The van der Waals surface area contributed by atoms with E-state index in [1.807, 2.05) is 0 Å². The molecule has 114 valence electrons. The maximum atomic E-state index is 13.0. The maximum Gasteiger partial charge on any atom is 0.417 e. The van der Waals surface area contributed by atoms with E-state index in [2.05, 4.69) is 5.32 Å². The zero-order chi connectivity index (χ0) is 16.3. The van der Waals surface area contributed by atoms with Crippen LogP contribution in [-0.2, 0) is 10.9 Å². The molecule has 1 amide bonds. The minimum Gasteiger partial charge on any atom is -0.381 e. The van der Waals surface area contributed by atoms with Crippen LogP contribution in [-0.4, -0.2) is 25.2 Å². The van der Waals surface area contributed by atoms with Crippen molar-refractivity contribution in [2.75, 3.05) is 13.7 Å². The number of halogens is 4. The number of hydrogen-bond acceptors (Lipinski definition) is 3. The number of rotatable bonds is 4. The average Bonchev–Trinajstić information content (AvgIpc) is 2.37. The highest BCUT2D eigenvalue weighted by atomic mass is 19.4. The van der Waals surface area contributed by atoms with Gasteiger partial charge in [-0.15, -0.1) is 0 Å². The van der Waals surface area contributed by atoms with Gasteiger partial charge in [-0.2, -0.15) is 18.4 Å². The number of methoxy groups -OCH3 is 1. The molecule has 0 saturated carbocycles. The smallest absolute Gasteiger partial charge is 0.381 e. The first kappa shape index (κ1) is 16.9. The predicted molar refractivity (Wildman–Crippen MR) is 64.8 cm³/mol. The van der Waals surface area contributed by atoms with Gasteiger partial charge in [0.15, 0.2) is 0 Å². The van der Waals surface area contributed by atoms with E-state index in [1.165, 1.54) is 14.0 Å². The van der Waals surface area contributed by atoms with E-state index in [0.29, 0.717) is 0 Å². The Morgan fingerprint density at radius 3 is 2.52 bits per heavy atom. The second-order valence-electron chi connectivity index (χ2n) is 4.52. The van der Waals surface area contributed by atoms with E-state index in [1.54, 1.807) is 6.07 Å². The van der Waals surface area contributed by atoms with Crippen LogP contribution < -0.4 is 5.32 Å². The Morgan fingerprint density at radius 2 is 2.05 bits per heavy atom. The van der Waals surface area contributed by atoms with Crippen molar-refractivity contribution in [2.24, 2.45) is 0 Å². The minimum atomic E-state index is -4.89. The normalized spacial score (nSPS) is 14.1. The lowest BCUT2D eigenvalue weighted by Crippen LogP contribution is -2.48. The topological polar surface area (TPSA) is 62.1 Å². The SMILES string of the molecule is COC[C@](C)(C#N)NC(=O)c1ccc(F)cc1C(F)(F)F. The number of alkyl halides is 3. The molecule has 1 aromatic carbocycles. The van der Waals surface area contributed by atoms with Crippen LogP contribution in [0.15, 0.2) is 18.2 Å². The molecular formula is C13H12F4N2O2. The lowest BCUT2D eigenvalue weighted by Gasteiger charge is -2.23. The Kier molecular flexibility index (Phi) is 4.91. The molecule has 0 unspecified atom stereocenters. The van der Waals surface area contributed by atoms with Crippen LogP contribution in [0.4, 0.5) is 17.6 Å². The van der Waals surface area contributed by atoms with Gasteiger partial charge in [0.05, 0.1) is 23.8 Å². The fourth-order valence-electron chi connectivity index (χ4n) is 1.65. The summed E-state index contributed by atoms with van der Waals surface area (Å²) in [4.78, 5) is 11.9. The van der Waals surface area contributed by atoms with Gasteiger partial charge in [0.1, 0.15) is 11.4 Å². The molecule has 1 atom stereocenters. The first-order chi connectivity index (χ1) is 9.63. The highest BCUT2D eigenvalue weighted by molar-refractivity contribution is 5.96. The van der Waals surface area contributed by atoms with Crippen LogP contribution in [0.3, 0.4) is 0 Å². The van der Waals surface area contributed by atoms with Crippen LogP contribution in [0.25, 0.3) is 0 Å². The molecule has 0 heterocycles. The molecule has 0 aliphatic carbocycles. The van der Waals surface area contributed by atoms with Crippen molar-refractivity contribution in [1.29, 1.82) is 5.26 Å². The largest absolute Gasteiger partial charge is 0.417 e. The summed E-state index contributed by atoms with van der Waals surface area (Å²) in [5.41, 5.74) is -3.66. The van der Waals surface area contributed by atoms with Crippen molar-refractivity contribution < 1.29 is 27.1 Å². The molecule has 0 fully saturated rings. The van der Waals surface area contributed by atoms with E-state index in [0.717, 1.165) is 12.1 Å². The summed E-state index contributed by atoms with van der Waals surface area (Å²) in [6, 6.07) is 3.43. The highest BCUT2D eigenvalue weighted by Gasteiger charge is 2.37. The quantitative estimate of drug-likeness (QED) is 0.869. The number of nitriles is 1. The molecule has 1 aromatic rings. The monoisotopic (exact) mass is 304 g/mol. The van der Waals surface area contributed by atoms with Gasteiger partial charge in [0.25, 0.3) is 5.91 Å². The second kappa shape index (κ2) is 6.10. The van der Waals surface area contributed by atoms with E-state index < -0.39 is 34.6 Å². The molecule has 0 aliphatic rings. The third-order valence-electron chi connectivity index (χ3n) is 2.60. The van der Waals surface area contributed by atoms with E-state index in [9.17, 15) is 22.4 Å². The summed E-state index contributed by atoms with van der Waals surface area (Å²) in [7, 11) is 1.28. The Labute approximate surface area is 118 Å². The molecule has 8 heteroatoms. The van der Waals surface area contributed by atoms with Gasteiger partial charge in [0, 0.05) is 7.11 Å². The van der Waals surface area contributed by atoms with Gasteiger partial charge in [-0.25, -0.2) is 4.39 Å². The maximum absolute atomic E-state index is 13.0. The number of amides is 1. The Balaban J connectivity index is 3.17. The molecule has 0 radical (unpaired) electrons. The van der Waals surface area contributed by atoms with Gasteiger partial charge < -0.3 is 10.1 Å². The first-order valence-corrected chi connectivity index (χ1v) is 5.72. The fraction of sp³-hybridized carbons (Fsp3) is 0.385. The second-order valence-corrected chi connectivity index (χ2v) is 4.52. The number of carbonyl (C=O) groups is 1. The summed E-state index contributed by atoms with van der Waals surface area (Å²) < 4.78 is 56.1. The van der Waals surface area contributed by atoms with E-state index in [-0.39, 0.29) is 12.7 Å². The Hall–Kier alpha value is -2.14. The van der Waals surface area contributed by atoms with Gasteiger partial charge >= 0.3 is 6.18 Å². The molecule has 4 nitrogen and oxygen atoms in total. The molecular weight excluding hydrogens is 292 g/mol. The van der Waals surface area contributed by atoms with Gasteiger partial charge in [-0.3, -0.25) is 4.79 Å². The summed E-state index contributed by atoms with van der Waals surface area (Å²) in [6.45, 7) is 1.09. The number of hydrogen-bond donors (Lipinski definition) is 1. The lowest BCUT2D eigenvalue weighted by molar-refractivity contribution is -0.138. The van der Waals surface area contributed by atoms with Gasteiger partial charge in [-0.1, -0.05) is 0 Å². The predicted octanol–water partition coefficient (Wildman–Crippen LogP) is 2.50. The van der Waals surface area contributed by atoms with Crippen LogP contribution in [0, 0.1) is 17.1 Å². The number of nitrogens with zero attached hydrogens (tertiary/aromatic N) is 1. The van der Waals surface area contributed by atoms with Gasteiger partial charge in [-0.05, 0) is 25.1 Å². The third kappa shape index (κ3) is 4.16. The van der Waals surface area contributed by atoms with E-state index in [4.69, 9.17) is 10.00 Å². The van der Waals surface area contributed by atoms with Crippen LogP contribution in [0.2, 0.25) is 0 Å². The molecule has 1 rings (SSSR count). The summed E-state index contributed by atoms with van der Waals surface area (Å²) in [5, 5.41) is 11.1. The van der Waals surface area contributed by atoms with Crippen molar-refractivity contribution in [3.63, 3.8) is 0 Å². The number of benzene rings is 1. The van der Waals surface area contributed by atoms with Crippen LogP contribution in [0.5, 0.6) is 0 Å². The molecule has 0 aliphatic heterocycles. The summed E-state index contributed by atoms with van der Waals surface area (Å²) in [5.74, 6) is -2.25. The highest BCUT2D eigenvalue weighted by Crippen LogP contribution is 2.32. The Bertz CT molecular complexity index is 581. The number of nitrogens with one attached hydrogen (secondary N) is 1. The molecule has 21 heavy (non-hydrogen) atoms. The zero-order valence-corrected chi connectivity index (χ0v) is 11.2. The molecule has 0 aromatic heterocycles. The van der Waals surface area contributed by atoms with Crippen molar-refractivity contribution in [3.05, 3.63) is 35.1 Å². The number of ether oxygens (including phenoxy) is 1. The van der Waals surface area contributed by atoms with Crippen molar-refractivity contribution in [1.82, 2.24) is 5.32 Å². The third-order valence-corrected chi connectivity index (χ3v) is 2.60. The molecule has 0 saturated heterocycles. The molecule has 0 bridgehead atoms. The van der Waals surface area contributed by atoms with Crippen molar-refractivity contribution >= 4 is 5.91 Å². The van der Waals surface area contributed by atoms with Crippen LogP contribution >= 0.6 is 0 Å². The summed E-state index contributed by atoms with van der Waals surface area (Å²) in [6.07, 6.45) is -4.89.